The summed E-state index contributed by atoms with van der Waals surface area (Å²) in [5.41, 5.74) is 1.62. The average molecular weight is 462 g/mol. The van der Waals surface area contributed by atoms with Crippen LogP contribution in [-0.4, -0.2) is 58.9 Å². The molecule has 0 saturated carbocycles. The van der Waals surface area contributed by atoms with Crippen molar-refractivity contribution in [3.63, 3.8) is 0 Å². The Morgan fingerprint density at radius 3 is 2.50 bits per heavy atom. The lowest BCUT2D eigenvalue weighted by molar-refractivity contribution is -0.454. The minimum atomic E-state index is -1.40. The van der Waals surface area contributed by atoms with E-state index in [9.17, 15) is 19.5 Å². The maximum Gasteiger partial charge on any atom is 0.403 e. The summed E-state index contributed by atoms with van der Waals surface area (Å²) >= 11 is 0. The quantitative estimate of drug-likeness (QED) is 0.298. The first-order valence-electron chi connectivity index (χ1n) is 10.1. The molecule has 2 atom stereocenters. The van der Waals surface area contributed by atoms with Gasteiger partial charge >= 0.3 is 11.9 Å². The molecule has 2 aromatic rings. The van der Waals surface area contributed by atoms with E-state index in [1.807, 2.05) is 30.3 Å². The number of aryl methyl sites for hydroxylation is 1. The van der Waals surface area contributed by atoms with Crippen LogP contribution in [0.5, 0.6) is 0 Å². The number of carbonyl (C=O) groups is 3. The largest absolute Gasteiger partial charge is 0.544 e. The number of aromatic nitrogens is 1. The van der Waals surface area contributed by atoms with Crippen molar-refractivity contribution < 1.29 is 28.8 Å². The minimum absolute atomic E-state index is 0. The topological polar surface area (TPSA) is 111 Å². The number of pyridine rings is 1. The summed E-state index contributed by atoms with van der Waals surface area (Å²) in [6.45, 7) is 2.89. The molecule has 1 aromatic carbocycles. The lowest BCUT2D eigenvalue weighted by Gasteiger charge is -2.20. The molecule has 1 N–H and O–H groups in total. The number of halogens is 1. The van der Waals surface area contributed by atoms with Crippen LogP contribution in [0.3, 0.4) is 0 Å². The Kier molecular flexibility index (Phi) is 11.8. The highest BCUT2D eigenvalue weighted by Gasteiger charge is 2.30. The number of carbonyl (C=O) groups excluding carboxylic acids is 3. The standard InChI is InChI=1S/C23H27N3O5.ClH/c1-3-31-23(30)20(12-11-18-8-5-4-6-9-18)25-17(2)22(29)26(16-21(27)28)15-19-10-7-13-24-14-19;/h4-10,13-15,17,20,25H,3,11-12,16H2,1-2H3;1H/t17-,20-;/m0./s1. The smallest absolute Gasteiger partial charge is 0.403 e. The molecule has 2 rings (SSSR count). The van der Waals surface area contributed by atoms with Crippen LogP contribution in [0.25, 0.3) is 0 Å². The predicted molar refractivity (Wildman–Crippen MR) is 120 cm³/mol. The number of benzene rings is 1. The molecule has 0 aliphatic carbocycles. The van der Waals surface area contributed by atoms with Crippen molar-refractivity contribution in [2.75, 3.05) is 13.2 Å². The first-order valence-corrected chi connectivity index (χ1v) is 10.1. The van der Waals surface area contributed by atoms with Crippen LogP contribution in [0, 0.1) is 0 Å². The van der Waals surface area contributed by atoms with Crippen LogP contribution in [0.15, 0.2) is 54.9 Å². The van der Waals surface area contributed by atoms with Crippen molar-refractivity contribution in [2.45, 2.75) is 38.8 Å². The SMILES string of the molecule is CCOC(=O)[C@H](CCc1ccccc1)N[C@@H](C)C(=O)[N+](=Cc1cccnc1)CC(=O)[O-].Cl. The molecule has 0 aliphatic rings. The van der Waals surface area contributed by atoms with Crippen molar-refractivity contribution in [2.24, 2.45) is 0 Å². The molecule has 9 heteroatoms. The van der Waals surface area contributed by atoms with Gasteiger partial charge in [0.15, 0.2) is 12.8 Å². The normalized spacial score (nSPS) is 12.9. The fourth-order valence-corrected chi connectivity index (χ4v) is 3.05. The summed E-state index contributed by atoms with van der Waals surface area (Å²) in [6.07, 6.45) is 5.51. The lowest BCUT2D eigenvalue weighted by Crippen LogP contribution is -2.50. The van der Waals surface area contributed by atoms with E-state index in [4.69, 9.17) is 4.74 Å². The summed E-state index contributed by atoms with van der Waals surface area (Å²) in [5, 5.41) is 14.2. The summed E-state index contributed by atoms with van der Waals surface area (Å²) in [5.74, 6) is -2.37. The summed E-state index contributed by atoms with van der Waals surface area (Å²) < 4.78 is 6.19. The van der Waals surface area contributed by atoms with Crippen molar-refractivity contribution in [1.82, 2.24) is 10.3 Å². The number of esters is 1. The molecule has 1 amide bonds. The number of nitrogens with zero attached hydrogens (tertiary/aromatic N) is 2. The second-order valence-electron chi connectivity index (χ2n) is 6.97. The summed E-state index contributed by atoms with van der Waals surface area (Å²) in [4.78, 5) is 40.5. The number of ether oxygens (including phenoxy) is 1. The van der Waals surface area contributed by atoms with Gasteiger partial charge in [-0.3, -0.25) is 15.1 Å². The van der Waals surface area contributed by atoms with Gasteiger partial charge in [-0.15, -0.1) is 12.4 Å². The molecule has 0 spiro atoms. The zero-order chi connectivity index (χ0) is 22.6. The number of amides is 1. The molecule has 0 saturated heterocycles. The van der Waals surface area contributed by atoms with E-state index in [2.05, 4.69) is 10.3 Å². The van der Waals surface area contributed by atoms with E-state index >= 15 is 0 Å². The van der Waals surface area contributed by atoms with Gasteiger partial charge in [0.25, 0.3) is 0 Å². The Hall–Kier alpha value is -3.10. The monoisotopic (exact) mass is 461 g/mol. The van der Waals surface area contributed by atoms with Crippen LogP contribution in [0.4, 0.5) is 0 Å². The molecule has 172 valence electrons. The Labute approximate surface area is 193 Å². The highest BCUT2D eigenvalue weighted by atomic mass is 35.5. The highest BCUT2D eigenvalue weighted by Crippen LogP contribution is 2.08. The number of nitrogens with one attached hydrogen (secondary N) is 1. The van der Waals surface area contributed by atoms with Crippen LogP contribution >= 0.6 is 12.4 Å². The summed E-state index contributed by atoms with van der Waals surface area (Å²) in [6, 6.07) is 11.5. The minimum Gasteiger partial charge on any atom is -0.544 e. The van der Waals surface area contributed by atoms with Crippen LogP contribution in [-0.2, 0) is 25.5 Å². The second kappa shape index (κ2) is 14.1. The first-order chi connectivity index (χ1) is 14.9. The zero-order valence-electron chi connectivity index (χ0n) is 18.1. The van der Waals surface area contributed by atoms with Crippen molar-refractivity contribution >= 4 is 36.5 Å². The molecule has 0 radical (unpaired) electrons. The molecular weight excluding hydrogens is 434 g/mol. The van der Waals surface area contributed by atoms with E-state index < -0.39 is 36.5 Å². The van der Waals surface area contributed by atoms with Gasteiger partial charge in [-0.25, -0.2) is 4.79 Å². The number of carboxylic acid groups (broad SMARTS) is 1. The molecule has 0 aliphatic heterocycles. The van der Waals surface area contributed by atoms with E-state index in [-0.39, 0.29) is 19.0 Å². The Balaban J connectivity index is 0.00000512. The van der Waals surface area contributed by atoms with Crippen LogP contribution < -0.4 is 10.4 Å². The van der Waals surface area contributed by atoms with E-state index in [0.717, 1.165) is 10.1 Å². The maximum atomic E-state index is 12.9. The Morgan fingerprint density at radius 2 is 1.91 bits per heavy atom. The van der Waals surface area contributed by atoms with E-state index in [0.29, 0.717) is 18.4 Å². The second-order valence-corrected chi connectivity index (χ2v) is 6.97. The van der Waals surface area contributed by atoms with Gasteiger partial charge in [0.05, 0.1) is 12.2 Å². The Bertz CT molecular complexity index is 906. The predicted octanol–water partition coefficient (Wildman–Crippen LogP) is 0.754. The molecule has 0 bridgehead atoms. The van der Waals surface area contributed by atoms with Crippen molar-refractivity contribution in [3.8, 4) is 0 Å². The van der Waals surface area contributed by atoms with Gasteiger partial charge in [0, 0.05) is 12.4 Å². The molecule has 8 nitrogen and oxygen atoms in total. The van der Waals surface area contributed by atoms with Crippen molar-refractivity contribution in [3.05, 3.63) is 66.0 Å². The molecular formula is C23H28ClN3O5. The average Bonchev–Trinajstić information content (AvgIpc) is 2.76. The molecule has 0 fully saturated rings. The van der Waals surface area contributed by atoms with Gasteiger partial charge in [-0.05, 0) is 44.4 Å². The fourth-order valence-electron chi connectivity index (χ4n) is 3.05. The van der Waals surface area contributed by atoms with Crippen LogP contribution in [0.1, 0.15) is 31.4 Å². The van der Waals surface area contributed by atoms with Gasteiger partial charge in [0.2, 0.25) is 0 Å². The summed E-state index contributed by atoms with van der Waals surface area (Å²) in [7, 11) is 0. The molecule has 32 heavy (non-hydrogen) atoms. The third kappa shape index (κ3) is 8.95. The van der Waals surface area contributed by atoms with E-state index in [1.165, 1.54) is 12.4 Å². The van der Waals surface area contributed by atoms with Gasteiger partial charge in [0.1, 0.15) is 18.1 Å². The zero-order valence-corrected chi connectivity index (χ0v) is 18.9. The van der Waals surface area contributed by atoms with Crippen molar-refractivity contribution in [1.29, 1.82) is 0 Å². The third-order valence-electron chi connectivity index (χ3n) is 4.53. The molecule has 0 unspecified atom stereocenters. The maximum absolute atomic E-state index is 12.9. The number of hydrogen-bond acceptors (Lipinski definition) is 7. The molecule has 1 aromatic heterocycles. The lowest BCUT2D eigenvalue weighted by atomic mass is 10.0. The number of aliphatic carboxylic acids is 1. The highest BCUT2D eigenvalue weighted by molar-refractivity contribution is 5.86. The first kappa shape index (κ1) is 26.9. The Morgan fingerprint density at radius 1 is 1.19 bits per heavy atom. The fraction of sp³-hybridized carbons (Fsp3) is 0.348. The van der Waals surface area contributed by atoms with Gasteiger partial charge in [-0.1, -0.05) is 30.3 Å². The van der Waals surface area contributed by atoms with Gasteiger partial charge < -0.3 is 14.6 Å². The third-order valence-corrected chi connectivity index (χ3v) is 4.53. The number of carboxylic acids is 1. The molecule has 1 heterocycles. The van der Waals surface area contributed by atoms with Gasteiger partial charge in [-0.2, -0.15) is 4.58 Å². The van der Waals surface area contributed by atoms with Crippen LogP contribution in [0.2, 0.25) is 0 Å². The number of hydrogen-bond donors (Lipinski definition) is 1. The number of rotatable bonds is 11. The van der Waals surface area contributed by atoms with E-state index in [1.54, 1.807) is 32.2 Å².